The Morgan fingerprint density at radius 1 is 1.38 bits per heavy atom. The Hall–Kier alpha value is -2.61. The summed E-state index contributed by atoms with van der Waals surface area (Å²) < 4.78 is 6.25. The number of aromatic amines is 1. The summed E-state index contributed by atoms with van der Waals surface area (Å²) in [6.45, 7) is 4.01. The third kappa shape index (κ3) is 2.92. The fourth-order valence-electron chi connectivity index (χ4n) is 2.29. The van der Waals surface area contributed by atoms with E-state index in [1.165, 1.54) is 13.3 Å². The van der Waals surface area contributed by atoms with Crippen molar-refractivity contribution < 1.29 is 9.53 Å². The van der Waals surface area contributed by atoms with Gasteiger partial charge in [-0.25, -0.2) is 9.67 Å². The first-order valence-corrected chi connectivity index (χ1v) is 8.24. The van der Waals surface area contributed by atoms with E-state index < -0.39 is 0 Å². The molecule has 2 aromatic heterocycles. The Morgan fingerprint density at radius 2 is 2.17 bits per heavy atom. The molecule has 3 aromatic rings. The van der Waals surface area contributed by atoms with Crippen molar-refractivity contribution >= 4 is 28.8 Å². The molecule has 7 nitrogen and oxygen atoms in total. The molecule has 0 saturated heterocycles. The number of carbonyl (C=O) groups excluding carboxylic acids is 1. The first-order valence-electron chi connectivity index (χ1n) is 7.25. The number of benzene rings is 1. The molecule has 1 aromatic carbocycles. The van der Waals surface area contributed by atoms with E-state index in [-0.39, 0.29) is 17.3 Å². The lowest BCUT2D eigenvalue weighted by Crippen LogP contribution is -2.11. The predicted octanol–water partition coefficient (Wildman–Crippen LogP) is 1.99. The fraction of sp³-hybridized carbons (Fsp3) is 0.250. The highest BCUT2D eigenvalue weighted by molar-refractivity contribution is 7.99. The van der Waals surface area contributed by atoms with Gasteiger partial charge in [-0.2, -0.15) is 5.10 Å². The minimum absolute atomic E-state index is 0.0720. The summed E-state index contributed by atoms with van der Waals surface area (Å²) >= 11 is 1.11. The van der Waals surface area contributed by atoms with Gasteiger partial charge in [-0.3, -0.25) is 9.59 Å². The molecule has 0 atom stereocenters. The number of rotatable bonds is 4. The molecule has 2 heterocycles. The summed E-state index contributed by atoms with van der Waals surface area (Å²) in [5, 5.41) is 5.07. The fourth-order valence-corrected chi connectivity index (χ4v) is 2.98. The molecule has 0 aliphatic heterocycles. The molecule has 0 unspecified atom stereocenters. The minimum Gasteiger partial charge on any atom is -0.468 e. The van der Waals surface area contributed by atoms with Crippen LogP contribution in [0.1, 0.15) is 11.1 Å². The second kappa shape index (κ2) is 6.48. The van der Waals surface area contributed by atoms with Crippen LogP contribution in [0, 0.1) is 13.8 Å². The first-order chi connectivity index (χ1) is 11.5. The number of hydrogen-bond acceptors (Lipinski definition) is 6. The molecule has 0 aliphatic carbocycles. The molecule has 1 N–H and O–H groups in total. The van der Waals surface area contributed by atoms with Gasteiger partial charge in [0, 0.05) is 0 Å². The molecule has 0 aliphatic rings. The maximum atomic E-state index is 12.2. The molecule has 24 heavy (non-hydrogen) atoms. The summed E-state index contributed by atoms with van der Waals surface area (Å²) in [6.07, 6.45) is 1.50. The second-order valence-electron chi connectivity index (χ2n) is 5.25. The average Bonchev–Trinajstić information content (AvgIpc) is 2.99. The van der Waals surface area contributed by atoms with Gasteiger partial charge in [-0.1, -0.05) is 23.9 Å². The lowest BCUT2D eigenvalue weighted by molar-refractivity contribution is -0.137. The molecule has 8 heteroatoms. The van der Waals surface area contributed by atoms with Crippen molar-refractivity contribution in [3.8, 4) is 5.69 Å². The van der Waals surface area contributed by atoms with Gasteiger partial charge in [0.15, 0.2) is 10.8 Å². The van der Waals surface area contributed by atoms with Gasteiger partial charge in [-0.05, 0) is 31.0 Å². The van der Waals surface area contributed by atoms with Crippen molar-refractivity contribution in [3.63, 3.8) is 0 Å². The number of aryl methyl sites for hydroxylation is 1. The van der Waals surface area contributed by atoms with Crippen LogP contribution in [0.15, 0.2) is 34.3 Å². The molecule has 0 fully saturated rings. The van der Waals surface area contributed by atoms with E-state index in [2.05, 4.69) is 19.8 Å². The van der Waals surface area contributed by atoms with Crippen LogP contribution < -0.4 is 5.56 Å². The summed E-state index contributed by atoms with van der Waals surface area (Å²) in [7, 11) is 1.32. The molecular formula is C16H16N4O3S. The van der Waals surface area contributed by atoms with Gasteiger partial charge in [-0.15, -0.1) is 0 Å². The van der Waals surface area contributed by atoms with Crippen LogP contribution in [0.3, 0.4) is 0 Å². The van der Waals surface area contributed by atoms with Crippen LogP contribution in [0.25, 0.3) is 16.7 Å². The van der Waals surface area contributed by atoms with Crippen LogP contribution in [0.4, 0.5) is 0 Å². The number of nitrogens with zero attached hydrogens (tertiary/aromatic N) is 3. The van der Waals surface area contributed by atoms with Gasteiger partial charge in [0.05, 0.1) is 24.7 Å². The Morgan fingerprint density at radius 3 is 2.92 bits per heavy atom. The lowest BCUT2D eigenvalue weighted by Gasteiger charge is -2.09. The van der Waals surface area contributed by atoms with E-state index in [9.17, 15) is 9.59 Å². The standard InChI is InChI=1S/C16H16N4O3S/c1-9-5-4-6-12(10(9)2)20-14-11(7-17-20)15(22)19-16(18-14)24-8-13(21)23-3/h4-7H,8H2,1-3H3,(H,18,19,22). The topological polar surface area (TPSA) is 89.9 Å². The van der Waals surface area contributed by atoms with Crippen molar-refractivity contribution in [2.75, 3.05) is 12.9 Å². The second-order valence-corrected chi connectivity index (χ2v) is 6.21. The quantitative estimate of drug-likeness (QED) is 0.442. The molecule has 0 amide bonds. The van der Waals surface area contributed by atoms with Crippen molar-refractivity contribution in [2.24, 2.45) is 0 Å². The van der Waals surface area contributed by atoms with Gasteiger partial charge >= 0.3 is 5.97 Å². The Bertz CT molecular complexity index is 977. The monoisotopic (exact) mass is 344 g/mol. The number of fused-ring (bicyclic) bond motifs is 1. The molecule has 0 saturated carbocycles. The number of thioether (sulfide) groups is 1. The van der Waals surface area contributed by atoms with E-state index in [0.29, 0.717) is 16.2 Å². The molecule has 0 spiro atoms. The largest absolute Gasteiger partial charge is 0.468 e. The van der Waals surface area contributed by atoms with Crippen molar-refractivity contribution in [1.29, 1.82) is 0 Å². The number of H-pyrrole nitrogens is 1. The zero-order valence-corrected chi connectivity index (χ0v) is 14.3. The van der Waals surface area contributed by atoms with Crippen LogP contribution >= 0.6 is 11.8 Å². The van der Waals surface area contributed by atoms with Crippen molar-refractivity contribution in [1.82, 2.24) is 19.7 Å². The number of nitrogens with one attached hydrogen (secondary N) is 1. The zero-order valence-electron chi connectivity index (χ0n) is 13.5. The smallest absolute Gasteiger partial charge is 0.316 e. The molecule has 0 radical (unpaired) electrons. The highest BCUT2D eigenvalue weighted by Crippen LogP contribution is 2.21. The number of carbonyl (C=O) groups is 1. The van der Waals surface area contributed by atoms with Crippen LogP contribution in [-0.2, 0) is 9.53 Å². The van der Waals surface area contributed by atoms with Crippen LogP contribution in [0.5, 0.6) is 0 Å². The summed E-state index contributed by atoms with van der Waals surface area (Å²) in [4.78, 5) is 30.6. The van der Waals surface area contributed by atoms with E-state index >= 15 is 0 Å². The third-order valence-electron chi connectivity index (χ3n) is 3.77. The number of hydrogen-bond donors (Lipinski definition) is 1. The summed E-state index contributed by atoms with van der Waals surface area (Å²) in [5.74, 6) is -0.312. The first kappa shape index (κ1) is 16.3. The number of ether oxygens (including phenoxy) is 1. The van der Waals surface area contributed by atoms with Gasteiger partial charge in [0.2, 0.25) is 0 Å². The molecule has 0 bridgehead atoms. The van der Waals surface area contributed by atoms with Gasteiger partial charge < -0.3 is 9.72 Å². The van der Waals surface area contributed by atoms with E-state index in [1.54, 1.807) is 4.68 Å². The van der Waals surface area contributed by atoms with Crippen LogP contribution in [0.2, 0.25) is 0 Å². The highest BCUT2D eigenvalue weighted by Gasteiger charge is 2.14. The van der Waals surface area contributed by atoms with E-state index in [1.807, 2.05) is 32.0 Å². The van der Waals surface area contributed by atoms with Crippen LogP contribution in [-0.4, -0.2) is 38.6 Å². The normalized spacial score (nSPS) is 11.0. The SMILES string of the molecule is COC(=O)CSc1nc2c(cnn2-c2cccc(C)c2C)c(=O)[nH]1. The van der Waals surface area contributed by atoms with E-state index in [4.69, 9.17) is 0 Å². The van der Waals surface area contributed by atoms with Crippen molar-refractivity contribution in [3.05, 3.63) is 45.9 Å². The molecule has 3 rings (SSSR count). The highest BCUT2D eigenvalue weighted by atomic mass is 32.2. The molecular weight excluding hydrogens is 328 g/mol. The van der Waals surface area contributed by atoms with Crippen molar-refractivity contribution in [2.45, 2.75) is 19.0 Å². The third-order valence-corrected chi connectivity index (χ3v) is 4.62. The van der Waals surface area contributed by atoms with E-state index in [0.717, 1.165) is 28.6 Å². The van der Waals surface area contributed by atoms with Gasteiger partial charge in [0.1, 0.15) is 5.39 Å². The lowest BCUT2D eigenvalue weighted by atomic mass is 10.1. The molecule has 124 valence electrons. The maximum absolute atomic E-state index is 12.2. The Labute approximate surface area is 142 Å². The average molecular weight is 344 g/mol. The van der Waals surface area contributed by atoms with Gasteiger partial charge in [0.25, 0.3) is 5.56 Å². The predicted molar refractivity (Wildman–Crippen MR) is 91.7 cm³/mol. The maximum Gasteiger partial charge on any atom is 0.316 e. The summed E-state index contributed by atoms with van der Waals surface area (Å²) in [5.41, 5.74) is 3.23. The minimum atomic E-state index is -0.384. The Kier molecular flexibility index (Phi) is 4.39. The Balaban J connectivity index is 2.10. The zero-order chi connectivity index (χ0) is 17.3. The number of methoxy groups -OCH3 is 1. The summed E-state index contributed by atoms with van der Waals surface area (Å²) in [6, 6.07) is 5.88. The number of aromatic nitrogens is 4. The number of esters is 1.